The highest BCUT2D eigenvalue weighted by Gasteiger charge is 2.15. The van der Waals surface area contributed by atoms with E-state index < -0.39 is 10.0 Å². The van der Waals surface area contributed by atoms with Crippen LogP contribution in [0.2, 0.25) is 0 Å². The van der Waals surface area contributed by atoms with Gasteiger partial charge in [-0.3, -0.25) is 0 Å². The number of sulfonamides is 1. The summed E-state index contributed by atoms with van der Waals surface area (Å²) in [5.74, 6) is 0. The summed E-state index contributed by atoms with van der Waals surface area (Å²) in [6.07, 6.45) is 0.713. The fourth-order valence-electron chi connectivity index (χ4n) is 1.46. The largest absolute Gasteiger partial charge is 0.326 e. The van der Waals surface area contributed by atoms with Crippen LogP contribution in [0.4, 0.5) is 0 Å². The van der Waals surface area contributed by atoms with Gasteiger partial charge in [0.2, 0.25) is 10.0 Å². The van der Waals surface area contributed by atoms with E-state index in [1.807, 2.05) is 17.5 Å². The van der Waals surface area contributed by atoms with Gasteiger partial charge in [-0.1, -0.05) is 6.07 Å². The quantitative estimate of drug-likeness (QED) is 0.854. The molecule has 4 nitrogen and oxygen atoms in total. The molecule has 0 saturated carbocycles. The summed E-state index contributed by atoms with van der Waals surface area (Å²) < 4.78 is 26.5. The highest BCUT2D eigenvalue weighted by atomic mass is 32.2. The molecule has 0 fully saturated rings. The maximum Gasteiger partial charge on any atom is 0.241 e. The van der Waals surface area contributed by atoms with Crippen LogP contribution in [0.3, 0.4) is 0 Å². The van der Waals surface area contributed by atoms with E-state index in [1.54, 1.807) is 22.8 Å². The van der Waals surface area contributed by atoms with Crippen molar-refractivity contribution in [3.8, 4) is 0 Å². The molecule has 18 heavy (non-hydrogen) atoms. The first kappa shape index (κ1) is 13.7. The molecule has 2 heterocycles. The molecule has 7 heteroatoms. The Labute approximate surface area is 115 Å². The lowest BCUT2D eigenvalue weighted by Crippen LogP contribution is -2.25. The molecular formula is C11H14N2O2S3. The van der Waals surface area contributed by atoms with Gasteiger partial charge in [0.1, 0.15) is 0 Å². The van der Waals surface area contributed by atoms with Gasteiger partial charge in [-0.15, -0.1) is 22.7 Å². The Balaban J connectivity index is 1.95. The van der Waals surface area contributed by atoms with Crippen molar-refractivity contribution in [1.29, 1.82) is 0 Å². The summed E-state index contributed by atoms with van der Waals surface area (Å²) in [7, 11) is -3.39. The molecule has 2 rings (SSSR count). The summed E-state index contributed by atoms with van der Waals surface area (Å²) >= 11 is 2.99. The molecule has 2 aromatic rings. The van der Waals surface area contributed by atoms with E-state index in [-0.39, 0.29) is 0 Å². The molecule has 0 amide bonds. The maximum absolute atomic E-state index is 11.9. The van der Waals surface area contributed by atoms with Crippen LogP contribution in [0.25, 0.3) is 0 Å². The molecule has 0 radical (unpaired) electrons. The second-order valence-electron chi connectivity index (χ2n) is 3.68. The van der Waals surface area contributed by atoms with E-state index in [9.17, 15) is 8.42 Å². The predicted octanol–water partition coefficient (Wildman–Crippen LogP) is 1.79. The minimum atomic E-state index is -3.39. The van der Waals surface area contributed by atoms with Gasteiger partial charge in [0.25, 0.3) is 0 Å². The van der Waals surface area contributed by atoms with Crippen molar-refractivity contribution in [2.45, 2.75) is 17.9 Å². The fourth-order valence-corrected chi connectivity index (χ4v) is 4.35. The fraction of sp³-hybridized carbons (Fsp3) is 0.273. The van der Waals surface area contributed by atoms with Crippen LogP contribution in [-0.4, -0.2) is 15.0 Å². The van der Waals surface area contributed by atoms with Gasteiger partial charge in [-0.25, -0.2) is 13.1 Å². The molecule has 0 unspecified atom stereocenters. The van der Waals surface area contributed by atoms with Crippen LogP contribution in [0.1, 0.15) is 9.75 Å². The number of nitrogens with two attached hydrogens (primary N) is 1. The smallest absolute Gasteiger partial charge is 0.241 e. The summed E-state index contributed by atoms with van der Waals surface area (Å²) in [4.78, 5) is 2.35. The first-order valence-corrected chi connectivity index (χ1v) is 8.65. The Morgan fingerprint density at radius 3 is 2.72 bits per heavy atom. The van der Waals surface area contributed by atoms with Crippen molar-refractivity contribution in [2.24, 2.45) is 5.73 Å². The first-order valence-electron chi connectivity index (χ1n) is 5.41. The lowest BCUT2D eigenvalue weighted by atomic mass is 10.3. The second kappa shape index (κ2) is 5.94. The normalized spacial score (nSPS) is 11.8. The summed E-state index contributed by atoms with van der Waals surface area (Å²) in [6.45, 7) is 0.784. The van der Waals surface area contributed by atoms with Crippen LogP contribution < -0.4 is 10.5 Å². The number of hydrogen-bond acceptors (Lipinski definition) is 5. The third kappa shape index (κ3) is 3.39. The monoisotopic (exact) mass is 302 g/mol. The summed E-state index contributed by atoms with van der Waals surface area (Å²) in [6, 6.07) is 5.58. The molecule has 0 spiro atoms. The maximum atomic E-state index is 11.9. The summed E-state index contributed by atoms with van der Waals surface area (Å²) in [5, 5.41) is 3.60. The SMILES string of the molecule is NCc1cc(S(=O)(=O)NCCc2cccs2)cs1. The number of hydrogen-bond donors (Lipinski definition) is 2. The van der Waals surface area contributed by atoms with Crippen LogP contribution in [0, 0.1) is 0 Å². The Morgan fingerprint density at radius 2 is 2.11 bits per heavy atom. The van der Waals surface area contributed by atoms with Crippen molar-refractivity contribution in [1.82, 2.24) is 4.72 Å². The van der Waals surface area contributed by atoms with E-state index in [4.69, 9.17) is 5.73 Å². The topological polar surface area (TPSA) is 72.2 Å². The zero-order valence-corrected chi connectivity index (χ0v) is 12.1. The van der Waals surface area contributed by atoms with Crippen molar-refractivity contribution in [2.75, 3.05) is 6.54 Å². The van der Waals surface area contributed by atoms with Gasteiger partial charge in [0, 0.05) is 28.2 Å². The highest BCUT2D eigenvalue weighted by Crippen LogP contribution is 2.18. The van der Waals surface area contributed by atoms with Crippen LogP contribution >= 0.6 is 22.7 Å². The molecular weight excluding hydrogens is 288 g/mol. The molecule has 0 bridgehead atoms. The minimum absolute atomic E-state index is 0.305. The second-order valence-corrected chi connectivity index (χ2v) is 7.47. The average molecular weight is 302 g/mol. The summed E-state index contributed by atoms with van der Waals surface area (Å²) in [5.41, 5.74) is 5.47. The standard InChI is InChI=1S/C11H14N2O2S3/c12-7-10-6-11(8-17-10)18(14,15)13-4-3-9-2-1-5-16-9/h1-2,5-6,8,13H,3-4,7,12H2. The van der Waals surface area contributed by atoms with Crippen molar-refractivity contribution >= 4 is 32.7 Å². The number of nitrogens with one attached hydrogen (secondary N) is 1. The Bertz CT molecular complexity index is 588. The zero-order valence-electron chi connectivity index (χ0n) is 9.63. The van der Waals surface area contributed by atoms with Crippen LogP contribution in [-0.2, 0) is 23.0 Å². The minimum Gasteiger partial charge on any atom is -0.326 e. The molecule has 0 saturated heterocycles. The molecule has 98 valence electrons. The molecule has 0 aromatic carbocycles. The molecule has 2 aromatic heterocycles. The zero-order chi connectivity index (χ0) is 13.0. The van der Waals surface area contributed by atoms with Crippen LogP contribution in [0.15, 0.2) is 33.9 Å². The van der Waals surface area contributed by atoms with Gasteiger partial charge in [-0.2, -0.15) is 0 Å². The molecule has 3 N–H and O–H groups in total. The molecule has 0 aliphatic rings. The average Bonchev–Trinajstić information content (AvgIpc) is 2.99. The third-order valence-electron chi connectivity index (χ3n) is 2.38. The van der Waals surface area contributed by atoms with Gasteiger partial charge >= 0.3 is 0 Å². The predicted molar refractivity (Wildman–Crippen MR) is 75.4 cm³/mol. The third-order valence-corrected chi connectivity index (χ3v) is 5.87. The van der Waals surface area contributed by atoms with Crippen molar-refractivity contribution < 1.29 is 8.42 Å². The lowest BCUT2D eigenvalue weighted by molar-refractivity contribution is 0.582. The number of thiophene rings is 2. The highest BCUT2D eigenvalue weighted by molar-refractivity contribution is 7.89. The van der Waals surface area contributed by atoms with Crippen molar-refractivity contribution in [3.05, 3.63) is 38.7 Å². The van der Waals surface area contributed by atoms with E-state index in [0.717, 1.165) is 4.88 Å². The van der Waals surface area contributed by atoms with Crippen molar-refractivity contribution in [3.63, 3.8) is 0 Å². The Hall–Kier alpha value is -0.730. The molecule has 0 atom stereocenters. The molecule has 0 aliphatic heterocycles. The van der Waals surface area contributed by atoms with E-state index >= 15 is 0 Å². The first-order chi connectivity index (χ1) is 8.62. The van der Waals surface area contributed by atoms with E-state index in [0.29, 0.717) is 24.4 Å². The molecule has 0 aliphatic carbocycles. The van der Waals surface area contributed by atoms with Gasteiger partial charge in [0.05, 0.1) is 4.90 Å². The Kier molecular flexibility index (Phi) is 4.52. The van der Waals surface area contributed by atoms with Gasteiger partial charge in [0.15, 0.2) is 0 Å². The van der Waals surface area contributed by atoms with Gasteiger partial charge in [-0.05, 0) is 23.9 Å². The Morgan fingerprint density at radius 1 is 1.28 bits per heavy atom. The lowest BCUT2D eigenvalue weighted by Gasteiger charge is -2.03. The van der Waals surface area contributed by atoms with E-state index in [1.165, 1.54) is 16.2 Å². The number of rotatable bonds is 6. The van der Waals surface area contributed by atoms with E-state index in [2.05, 4.69) is 4.72 Å². The van der Waals surface area contributed by atoms with Gasteiger partial charge < -0.3 is 5.73 Å². The van der Waals surface area contributed by atoms with Crippen LogP contribution in [0.5, 0.6) is 0 Å².